The molecule has 1 fully saturated rings. The number of nitrogens with two attached hydrogens (primary N) is 1. The molecule has 19 heavy (non-hydrogen) atoms. The summed E-state index contributed by atoms with van der Waals surface area (Å²) in [5, 5.41) is 19.6. The lowest BCUT2D eigenvalue weighted by atomic mass is 9.96. The number of primary amides is 1. The van der Waals surface area contributed by atoms with E-state index in [0.717, 1.165) is 19.3 Å². The second-order valence-electron chi connectivity index (χ2n) is 4.68. The highest BCUT2D eigenvalue weighted by molar-refractivity contribution is 5.90. The normalized spacial score (nSPS) is 22.1. The Morgan fingerprint density at radius 3 is 2.74 bits per heavy atom. The minimum atomic E-state index is -0.737. The summed E-state index contributed by atoms with van der Waals surface area (Å²) in [6.45, 7) is 0.543. The van der Waals surface area contributed by atoms with Crippen LogP contribution in [0.5, 0.6) is 0 Å². The first-order valence-electron chi connectivity index (χ1n) is 6.18. The maximum absolute atomic E-state index is 11.0. The fourth-order valence-corrected chi connectivity index (χ4v) is 2.40. The number of nitrogens with one attached hydrogen (secondary N) is 1. The van der Waals surface area contributed by atoms with E-state index in [1.54, 1.807) is 6.07 Å². The van der Waals surface area contributed by atoms with Crippen molar-refractivity contribution in [2.75, 3.05) is 11.9 Å². The predicted molar refractivity (Wildman–Crippen MR) is 67.5 cm³/mol. The smallest absolute Gasteiger partial charge is 0.306 e. The van der Waals surface area contributed by atoms with Crippen molar-refractivity contribution < 1.29 is 14.7 Å². The first-order valence-corrected chi connectivity index (χ1v) is 6.18. The molecule has 1 heterocycles. The molecule has 0 aliphatic heterocycles. The Morgan fingerprint density at radius 1 is 1.37 bits per heavy atom. The van der Waals surface area contributed by atoms with Gasteiger partial charge in [-0.1, -0.05) is 6.42 Å². The molecule has 2 rings (SSSR count). The van der Waals surface area contributed by atoms with E-state index in [0.29, 0.717) is 12.4 Å². The average molecular weight is 264 g/mol. The third-order valence-electron chi connectivity index (χ3n) is 3.44. The van der Waals surface area contributed by atoms with Crippen molar-refractivity contribution in [3.05, 3.63) is 17.8 Å². The minimum absolute atomic E-state index is 0.106. The molecule has 102 valence electrons. The number of hydrogen-bond acceptors (Lipinski definition) is 5. The number of hydrogen-bond donors (Lipinski definition) is 3. The molecule has 0 aromatic carbocycles. The van der Waals surface area contributed by atoms with Crippen LogP contribution < -0.4 is 11.1 Å². The zero-order valence-corrected chi connectivity index (χ0v) is 10.4. The van der Waals surface area contributed by atoms with Gasteiger partial charge in [0.15, 0.2) is 5.69 Å². The molecular formula is C12H16N4O3. The van der Waals surface area contributed by atoms with Gasteiger partial charge in [0.2, 0.25) is 0 Å². The average Bonchev–Trinajstić information content (AvgIpc) is 2.85. The van der Waals surface area contributed by atoms with Gasteiger partial charge < -0.3 is 16.2 Å². The molecule has 7 nitrogen and oxygen atoms in total. The molecule has 1 aliphatic rings. The van der Waals surface area contributed by atoms with Crippen LogP contribution in [-0.2, 0) is 4.79 Å². The zero-order valence-electron chi connectivity index (χ0n) is 10.4. The molecule has 2 atom stereocenters. The van der Waals surface area contributed by atoms with Crippen LogP contribution in [0.3, 0.4) is 0 Å². The lowest BCUT2D eigenvalue weighted by Crippen LogP contribution is -2.25. The molecule has 7 heteroatoms. The molecule has 1 aliphatic carbocycles. The van der Waals surface area contributed by atoms with Gasteiger partial charge in [0.05, 0.1) is 5.92 Å². The summed E-state index contributed by atoms with van der Waals surface area (Å²) in [6.07, 6.45) is 2.57. The second-order valence-corrected chi connectivity index (χ2v) is 4.68. The van der Waals surface area contributed by atoms with Crippen LogP contribution in [0.2, 0.25) is 0 Å². The number of anilines is 1. The van der Waals surface area contributed by atoms with Crippen LogP contribution in [0.15, 0.2) is 12.1 Å². The Morgan fingerprint density at radius 2 is 2.16 bits per heavy atom. The number of carbonyl (C=O) groups excluding carboxylic acids is 1. The van der Waals surface area contributed by atoms with Crippen molar-refractivity contribution >= 4 is 17.7 Å². The molecule has 0 saturated heterocycles. The van der Waals surface area contributed by atoms with E-state index in [4.69, 9.17) is 10.8 Å². The van der Waals surface area contributed by atoms with Gasteiger partial charge in [0, 0.05) is 6.54 Å². The van der Waals surface area contributed by atoms with Gasteiger partial charge in [-0.15, -0.1) is 10.2 Å². The molecule has 2 unspecified atom stereocenters. The van der Waals surface area contributed by atoms with Crippen LogP contribution in [0.4, 0.5) is 5.82 Å². The SMILES string of the molecule is NC(=O)c1ccc(NCC2CCCC2C(=O)O)nn1. The Kier molecular flexibility index (Phi) is 3.94. The Balaban J connectivity index is 1.91. The van der Waals surface area contributed by atoms with Crippen LogP contribution in [0.1, 0.15) is 29.8 Å². The standard InChI is InChI=1S/C12H16N4O3/c13-11(17)9-4-5-10(16-15-9)14-6-7-2-1-3-8(7)12(18)19/h4-5,7-8H,1-3,6H2,(H2,13,17)(H,14,16)(H,18,19). The predicted octanol–water partition coefficient (Wildman–Crippen LogP) is 0.488. The maximum atomic E-state index is 11.0. The van der Waals surface area contributed by atoms with Crippen molar-refractivity contribution in [2.24, 2.45) is 17.6 Å². The molecule has 1 aromatic heterocycles. The van der Waals surface area contributed by atoms with E-state index in [2.05, 4.69) is 15.5 Å². The van der Waals surface area contributed by atoms with E-state index in [1.165, 1.54) is 6.07 Å². The first-order chi connectivity index (χ1) is 9.08. The summed E-state index contributed by atoms with van der Waals surface area (Å²) in [5.41, 5.74) is 5.17. The van der Waals surface area contributed by atoms with E-state index in [9.17, 15) is 9.59 Å². The summed E-state index contributed by atoms with van der Waals surface area (Å²) < 4.78 is 0. The van der Waals surface area contributed by atoms with Gasteiger partial charge in [-0.25, -0.2) is 0 Å². The number of amides is 1. The van der Waals surface area contributed by atoms with Gasteiger partial charge in [0.25, 0.3) is 5.91 Å². The van der Waals surface area contributed by atoms with Gasteiger partial charge in [-0.3, -0.25) is 9.59 Å². The highest BCUT2D eigenvalue weighted by atomic mass is 16.4. The van der Waals surface area contributed by atoms with Crippen molar-refractivity contribution in [1.29, 1.82) is 0 Å². The van der Waals surface area contributed by atoms with Crippen LogP contribution in [-0.4, -0.2) is 33.7 Å². The van der Waals surface area contributed by atoms with E-state index >= 15 is 0 Å². The van der Waals surface area contributed by atoms with E-state index < -0.39 is 11.9 Å². The molecule has 1 saturated carbocycles. The summed E-state index contributed by atoms with van der Waals surface area (Å²) in [4.78, 5) is 21.9. The molecular weight excluding hydrogens is 248 g/mol. The molecule has 0 spiro atoms. The van der Waals surface area contributed by atoms with Gasteiger partial charge in [-0.2, -0.15) is 0 Å². The van der Waals surface area contributed by atoms with Crippen LogP contribution in [0.25, 0.3) is 0 Å². The fourth-order valence-electron chi connectivity index (χ4n) is 2.40. The summed E-state index contributed by atoms with van der Waals surface area (Å²) in [7, 11) is 0. The van der Waals surface area contributed by atoms with Gasteiger partial charge >= 0.3 is 5.97 Å². The number of carbonyl (C=O) groups is 2. The highest BCUT2D eigenvalue weighted by Gasteiger charge is 2.32. The summed E-state index contributed by atoms with van der Waals surface area (Å²) >= 11 is 0. The number of aromatic nitrogens is 2. The molecule has 1 amide bonds. The Labute approximate surface area is 110 Å². The van der Waals surface area contributed by atoms with Gasteiger partial charge in [0.1, 0.15) is 5.82 Å². The second kappa shape index (κ2) is 5.64. The number of aliphatic carboxylic acids is 1. The molecule has 1 aromatic rings. The highest BCUT2D eigenvalue weighted by Crippen LogP contribution is 2.31. The van der Waals surface area contributed by atoms with Crippen molar-refractivity contribution in [2.45, 2.75) is 19.3 Å². The number of carboxylic acids is 1. The first kappa shape index (κ1) is 13.3. The number of carboxylic acid groups (broad SMARTS) is 1. The largest absolute Gasteiger partial charge is 0.481 e. The van der Waals surface area contributed by atoms with E-state index in [1.807, 2.05) is 0 Å². The van der Waals surface area contributed by atoms with Crippen molar-refractivity contribution in [3.63, 3.8) is 0 Å². The van der Waals surface area contributed by atoms with Crippen LogP contribution in [0, 0.1) is 11.8 Å². The summed E-state index contributed by atoms with van der Waals surface area (Å²) in [6, 6.07) is 3.10. The summed E-state index contributed by atoms with van der Waals surface area (Å²) in [5.74, 6) is -1.03. The number of rotatable bonds is 5. The third kappa shape index (κ3) is 3.18. The van der Waals surface area contributed by atoms with Gasteiger partial charge in [-0.05, 0) is 30.9 Å². The maximum Gasteiger partial charge on any atom is 0.306 e. The Bertz CT molecular complexity index is 474. The van der Waals surface area contributed by atoms with Crippen molar-refractivity contribution in [3.8, 4) is 0 Å². The van der Waals surface area contributed by atoms with Crippen LogP contribution >= 0.6 is 0 Å². The third-order valence-corrected chi connectivity index (χ3v) is 3.44. The molecule has 4 N–H and O–H groups in total. The number of nitrogens with zero attached hydrogens (tertiary/aromatic N) is 2. The molecule has 0 radical (unpaired) electrons. The van der Waals surface area contributed by atoms with E-state index in [-0.39, 0.29) is 17.5 Å². The molecule has 0 bridgehead atoms. The minimum Gasteiger partial charge on any atom is -0.481 e. The quantitative estimate of drug-likeness (QED) is 0.712. The zero-order chi connectivity index (χ0) is 13.8. The monoisotopic (exact) mass is 264 g/mol. The lowest BCUT2D eigenvalue weighted by molar-refractivity contribution is -0.142. The fraction of sp³-hybridized carbons (Fsp3) is 0.500. The lowest BCUT2D eigenvalue weighted by Gasteiger charge is -2.16. The van der Waals surface area contributed by atoms with Crippen molar-refractivity contribution in [1.82, 2.24) is 10.2 Å². The topological polar surface area (TPSA) is 118 Å². The Hall–Kier alpha value is -2.18.